The van der Waals surface area contributed by atoms with Gasteiger partial charge >= 0.3 is 0 Å². The zero-order chi connectivity index (χ0) is 12.4. The number of aliphatic hydroxyl groups is 1. The van der Waals surface area contributed by atoms with E-state index in [0.29, 0.717) is 12.0 Å². The van der Waals surface area contributed by atoms with E-state index in [-0.39, 0.29) is 6.10 Å². The van der Waals surface area contributed by atoms with Crippen LogP contribution >= 0.6 is 0 Å². The van der Waals surface area contributed by atoms with Gasteiger partial charge in [0.2, 0.25) is 0 Å². The lowest BCUT2D eigenvalue weighted by molar-refractivity contribution is -0.0197. The molecule has 4 bridgehead atoms. The van der Waals surface area contributed by atoms with E-state index in [9.17, 15) is 5.11 Å². The Morgan fingerprint density at radius 1 is 1.00 bits per heavy atom. The summed E-state index contributed by atoms with van der Waals surface area (Å²) >= 11 is 0. The first-order valence-electron chi connectivity index (χ1n) is 7.94. The molecule has 0 heterocycles. The van der Waals surface area contributed by atoms with Gasteiger partial charge < -0.3 is 9.84 Å². The van der Waals surface area contributed by atoms with Gasteiger partial charge in [-0.15, -0.1) is 0 Å². The fraction of sp³-hybridized carbons (Fsp3) is 1.00. The molecule has 8 atom stereocenters. The van der Waals surface area contributed by atoms with Crippen LogP contribution < -0.4 is 0 Å². The molecule has 0 aliphatic heterocycles. The van der Waals surface area contributed by atoms with Gasteiger partial charge in [0.1, 0.15) is 0 Å². The van der Waals surface area contributed by atoms with Gasteiger partial charge in [0.05, 0.1) is 18.8 Å². The molecule has 0 aromatic rings. The van der Waals surface area contributed by atoms with Crippen molar-refractivity contribution in [3.8, 4) is 0 Å². The highest BCUT2D eigenvalue weighted by Gasteiger charge is 2.64. The van der Waals surface area contributed by atoms with Crippen molar-refractivity contribution in [3.05, 3.63) is 0 Å². The maximum absolute atomic E-state index is 10.2. The van der Waals surface area contributed by atoms with Crippen LogP contribution in [-0.4, -0.2) is 23.9 Å². The SMILES string of the molecule is CC(C)OCC1CC2CC1C1C3CC(CC3O)C21. The molecule has 0 saturated heterocycles. The summed E-state index contributed by atoms with van der Waals surface area (Å²) in [4.78, 5) is 0. The van der Waals surface area contributed by atoms with Gasteiger partial charge in [-0.1, -0.05) is 0 Å². The van der Waals surface area contributed by atoms with Crippen molar-refractivity contribution in [2.75, 3.05) is 6.61 Å². The molecule has 4 aliphatic rings. The van der Waals surface area contributed by atoms with Crippen LogP contribution in [0.15, 0.2) is 0 Å². The van der Waals surface area contributed by atoms with Crippen LogP contribution in [0.1, 0.15) is 39.5 Å². The van der Waals surface area contributed by atoms with Crippen molar-refractivity contribution < 1.29 is 9.84 Å². The molecule has 102 valence electrons. The smallest absolute Gasteiger partial charge is 0.0574 e. The number of hydrogen-bond donors (Lipinski definition) is 1. The van der Waals surface area contributed by atoms with Crippen molar-refractivity contribution in [1.29, 1.82) is 0 Å². The van der Waals surface area contributed by atoms with E-state index < -0.39 is 0 Å². The van der Waals surface area contributed by atoms with Crippen LogP contribution in [0.4, 0.5) is 0 Å². The average molecular weight is 250 g/mol. The van der Waals surface area contributed by atoms with Gasteiger partial charge in [-0.05, 0) is 81.0 Å². The predicted molar refractivity (Wildman–Crippen MR) is 70.0 cm³/mol. The second-order valence-electron chi connectivity index (χ2n) is 7.65. The standard InChI is InChI=1S/C16H26O2/c1-8(2)18-7-11-3-9-4-12(11)16-13-5-10(15(9)16)6-14(13)17/h8-17H,3-7H2,1-2H3. The van der Waals surface area contributed by atoms with E-state index in [1.165, 1.54) is 19.3 Å². The summed E-state index contributed by atoms with van der Waals surface area (Å²) < 4.78 is 5.87. The van der Waals surface area contributed by atoms with Gasteiger partial charge in [0.25, 0.3) is 0 Å². The molecule has 4 saturated carbocycles. The highest BCUT2D eigenvalue weighted by atomic mass is 16.5. The maximum Gasteiger partial charge on any atom is 0.0574 e. The van der Waals surface area contributed by atoms with Crippen LogP contribution in [0, 0.1) is 41.4 Å². The summed E-state index contributed by atoms with van der Waals surface area (Å²) in [6.07, 6.45) is 5.70. The molecule has 0 radical (unpaired) electrons. The van der Waals surface area contributed by atoms with Gasteiger partial charge in [-0.25, -0.2) is 0 Å². The third-order valence-corrected chi connectivity index (χ3v) is 6.56. The topological polar surface area (TPSA) is 29.5 Å². The summed E-state index contributed by atoms with van der Waals surface area (Å²) in [5, 5.41) is 10.2. The molecule has 18 heavy (non-hydrogen) atoms. The Morgan fingerprint density at radius 3 is 2.50 bits per heavy atom. The molecule has 0 aromatic carbocycles. The van der Waals surface area contributed by atoms with Crippen molar-refractivity contribution in [3.63, 3.8) is 0 Å². The third-order valence-electron chi connectivity index (χ3n) is 6.56. The normalized spacial score (nSPS) is 56.7. The number of hydrogen-bond acceptors (Lipinski definition) is 2. The molecule has 0 amide bonds. The van der Waals surface area contributed by atoms with Crippen molar-refractivity contribution >= 4 is 0 Å². The lowest BCUT2D eigenvalue weighted by atomic mass is 9.67. The molecule has 1 N–H and O–H groups in total. The highest BCUT2D eigenvalue weighted by Crippen LogP contribution is 2.68. The Bertz CT molecular complexity index is 340. The third kappa shape index (κ3) is 1.48. The Morgan fingerprint density at radius 2 is 1.72 bits per heavy atom. The van der Waals surface area contributed by atoms with Crippen molar-refractivity contribution in [2.45, 2.75) is 51.7 Å². The highest BCUT2D eigenvalue weighted by molar-refractivity contribution is 5.12. The number of ether oxygens (including phenoxy) is 1. The first kappa shape index (κ1) is 11.7. The van der Waals surface area contributed by atoms with Crippen LogP contribution in [0.5, 0.6) is 0 Å². The fourth-order valence-electron chi connectivity index (χ4n) is 6.21. The lowest BCUT2D eigenvalue weighted by Crippen LogP contribution is -2.39. The molecule has 4 aliphatic carbocycles. The average Bonchev–Trinajstić information content (AvgIpc) is 3.01. The Hall–Kier alpha value is -0.0800. The zero-order valence-electron chi connectivity index (χ0n) is 11.6. The number of aliphatic hydroxyl groups excluding tert-OH is 1. The Kier molecular flexibility index (Phi) is 2.58. The number of fused-ring (bicyclic) bond motifs is 9. The first-order chi connectivity index (χ1) is 8.65. The van der Waals surface area contributed by atoms with E-state index >= 15 is 0 Å². The molecule has 4 fully saturated rings. The second-order valence-corrected chi connectivity index (χ2v) is 7.65. The Labute approximate surface area is 110 Å². The molecule has 2 heteroatoms. The van der Waals surface area contributed by atoms with Gasteiger partial charge in [0.15, 0.2) is 0 Å². The second kappa shape index (κ2) is 3.96. The molecule has 0 aromatic heterocycles. The summed E-state index contributed by atoms with van der Waals surface area (Å²) in [6, 6.07) is 0. The summed E-state index contributed by atoms with van der Waals surface area (Å²) in [7, 11) is 0. The monoisotopic (exact) mass is 250 g/mol. The molecule has 8 unspecified atom stereocenters. The minimum Gasteiger partial charge on any atom is -0.393 e. The van der Waals surface area contributed by atoms with Gasteiger partial charge in [-0.2, -0.15) is 0 Å². The van der Waals surface area contributed by atoms with E-state index in [1.807, 2.05) is 0 Å². The Balaban J connectivity index is 1.49. The molecule has 4 rings (SSSR count). The van der Waals surface area contributed by atoms with Crippen LogP contribution in [0.2, 0.25) is 0 Å². The molecule has 0 spiro atoms. The summed E-state index contributed by atoms with van der Waals surface area (Å²) in [5.74, 6) is 6.02. The van der Waals surface area contributed by atoms with E-state index in [1.54, 1.807) is 0 Å². The molecular formula is C16H26O2. The van der Waals surface area contributed by atoms with E-state index in [2.05, 4.69) is 13.8 Å². The van der Waals surface area contributed by atoms with E-state index in [4.69, 9.17) is 4.74 Å². The maximum atomic E-state index is 10.2. The minimum atomic E-state index is 0.0299. The van der Waals surface area contributed by atoms with Gasteiger partial charge in [0, 0.05) is 0 Å². The predicted octanol–water partition coefficient (Wildman–Crippen LogP) is 2.70. The van der Waals surface area contributed by atoms with Crippen LogP contribution in [0.25, 0.3) is 0 Å². The lowest BCUT2D eigenvalue weighted by Gasteiger charge is -2.40. The van der Waals surface area contributed by atoms with E-state index in [0.717, 1.165) is 48.5 Å². The molecular weight excluding hydrogens is 224 g/mol. The summed E-state index contributed by atoms with van der Waals surface area (Å²) in [5.41, 5.74) is 0. The fourth-order valence-corrected chi connectivity index (χ4v) is 6.21. The number of rotatable bonds is 3. The zero-order valence-corrected chi connectivity index (χ0v) is 11.6. The summed E-state index contributed by atoms with van der Waals surface area (Å²) in [6.45, 7) is 5.24. The quantitative estimate of drug-likeness (QED) is 0.780. The van der Waals surface area contributed by atoms with Gasteiger partial charge in [-0.3, -0.25) is 0 Å². The largest absolute Gasteiger partial charge is 0.393 e. The minimum absolute atomic E-state index is 0.0299. The van der Waals surface area contributed by atoms with Crippen molar-refractivity contribution in [2.24, 2.45) is 41.4 Å². The van der Waals surface area contributed by atoms with Crippen LogP contribution in [0.3, 0.4) is 0 Å². The first-order valence-corrected chi connectivity index (χ1v) is 7.94. The van der Waals surface area contributed by atoms with Crippen LogP contribution in [-0.2, 0) is 4.74 Å². The molecule has 2 nitrogen and oxygen atoms in total. The van der Waals surface area contributed by atoms with Crippen molar-refractivity contribution in [1.82, 2.24) is 0 Å².